The number of hydrogen-bond acceptors (Lipinski definition) is 5. The van der Waals surface area contributed by atoms with Crippen LogP contribution in [0.5, 0.6) is 0 Å². The molecular weight excluding hydrogens is 542 g/mol. The van der Waals surface area contributed by atoms with E-state index in [0.29, 0.717) is 24.2 Å². The number of carbonyl (C=O) groups excluding carboxylic acids is 3. The Kier molecular flexibility index (Phi) is 7.90. The maximum atomic E-state index is 13.9. The van der Waals surface area contributed by atoms with Crippen molar-refractivity contribution >= 4 is 34.8 Å². The van der Waals surface area contributed by atoms with Crippen LogP contribution in [0.2, 0.25) is 0 Å². The number of aliphatic hydroxyl groups is 2. The molecule has 3 heterocycles. The van der Waals surface area contributed by atoms with Crippen LogP contribution in [-0.2, 0) is 33.0 Å². The first-order valence-electron chi connectivity index (χ1n) is 15.0. The van der Waals surface area contributed by atoms with Crippen LogP contribution in [-0.4, -0.2) is 52.0 Å². The molecule has 3 aliphatic heterocycles. The molecule has 3 amide bonds. The van der Waals surface area contributed by atoms with Crippen LogP contribution in [0.3, 0.4) is 0 Å². The SMILES string of the molecule is C[C@H](/C=C/CC(=O)N1CCC[C@H]1CO)[C@@]1(O)C(=O)N(Cc2ccc(N3C(=O)CCc4ccccc43)cc2)c2ccccc21. The number of rotatable bonds is 8. The lowest BCUT2D eigenvalue weighted by Gasteiger charge is -2.30. The maximum absolute atomic E-state index is 13.9. The van der Waals surface area contributed by atoms with Gasteiger partial charge in [0.2, 0.25) is 11.8 Å². The van der Waals surface area contributed by atoms with Gasteiger partial charge >= 0.3 is 0 Å². The molecule has 3 atom stereocenters. The predicted octanol–water partition coefficient (Wildman–Crippen LogP) is 4.60. The Hall–Kier alpha value is -4.27. The van der Waals surface area contributed by atoms with E-state index in [1.165, 1.54) is 0 Å². The van der Waals surface area contributed by atoms with Gasteiger partial charge in [-0.05, 0) is 54.7 Å². The minimum absolute atomic E-state index is 0.0419. The summed E-state index contributed by atoms with van der Waals surface area (Å²) in [7, 11) is 0. The number of benzene rings is 3. The monoisotopic (exact) mass is 579 g/mol. The third kappa shape index (κ3) is 5.15. The maximum Gasteiger partial charge on any atom is 0.264 e. The van der Waals surface area contributed by atoms with Gasteiger partial charge in [0, 0.05) is 36.6 Å². The molecule has 222 valence electrons. The first-order chi connectivity index (χ1) is 20.8. The largest absolute Gasteiger partial charge is 0.394 e. The quantitative estimate of drug-likeness (QED) is 0.380. The van der Waals surface area contributed by atoms with Crippen LogP contribution in [0, 0.1) is 5.92 Å². The summed E-state index contributed by atoms with van der Waals surface area (Å²) in [5, 5.41) is 21.5. The molecule has 1 fully saturated rings. The lowest BCUT2D eigenvalue weighted by molar-refractivity contribution is -0.139. The number of amides is 3. The zero-order chi connectivity index (χ0) is 30.1. The first kappa shape index (κ1) is 28.8. The van der Waals surface area contributed by atoms with Gasteiger partial charge in [0.1, 0.15) is 0 Å². The van der Waals surface area contributed by atoms with Crippen molar-refractivity contribution in [1.29, 1.82) is 0 Å². The number of carbonyl (C=O) groups is 3. The zero-order valence-electron chi connectivity index (χ0n) is 24.4. The highest BCUT2D eigenvalue weighted by Crippen LogP contribution is 2.46. The highest BCUT2D eigenvalue weighted by atomic mass is 16.3. The van der Waals surface area contributed by atoms with Crippen molar-refractivity contribution in [3.8, 4) is 0 Å². The standard InChI is InChI=1S/C35H37N3O5/c1-24(8-6-14-32(40)36-21-7-10-28(36)23-39)35(43)29-11-3-5-13-31(29)37(34(35)42)22-25-15-18-27(19-16-25)38-30-12-4-2-9-26(30)17-20-33(38)41/h2-6,8-9,11-13,15-16,18-19,24,28,39,43H,7,10,14,17,20-23H2,1H3/b8-6+/t24-,28+,35+/m1/s1. The van der Waals surface area contributed by atoms with E-state index in [1.807, 2.05) is 60.7 Å². The number of aliphatic hydroxyl groups excluding tert-OH is 1. The Morgan fingerprint density at radius 3 is 2.49 bits per heavy atom. The Labute approximate surface area is 251 Å². The summed E-state index contributed by atoms with van der Waals surface area (Å²) in [6.07, 6.45) is 6.47. The zero-order valence-corrected chi connectivity index (χ0v) is 24.4. The van der Waals surface area contributed by atoms with E-state index in [4.69, 9.17) is 0 Å². The summed E-state index contributed by atoms with van der Waals surface area (Å²) in [6, 6.07) is 22.7. The van der Waals surface area contributed by atoms with E-state index < -0.39 is 17.4 Å². The van der Waals surface area contributed by atoms with Gasteiger partial charge in [-0.25, -0.2) is 0 Å². The van der Waals surface area contributed by atoms with Crippen LogP contribution in [0.4, 0.5) is 17.1 Å². The molecule has 3 aromatic rings. The lowest BCUT2D eigenvalue weighted by Crippen LogP contribution is -2.44. The Morgan fingerprint density at radius 2 is 1.72 bits per heavy atom. The van der Waals surface area contributed by atoms with Gasteiger partial charge in [-0.1, -0.05) is 67.6 Å². The van der Waals surface area contributed by atoms with E-state index in [0.717, 1.165) is 41.8 Å². The van der Waals surface area contributed by atoms with E-state index in [2.05, 4.69) is 6.07 Å². The highest BCUT2D eigenvalue weighted by molar-refractivity contribution is 6.07. The fraction of sp³-hybridized carbons (Fsp3) is 0.343. The summed E-state index contributed by atoms with van der Waals surface area (Å²) < 4.78 is 0. The predicted molar refractivity (Wildman–Crippen MR) is 165 cm³/mol. The van der Waals surface area contributed by atoms with E-state index in [1.54, 1.807) is 39.8 Å². The summed E-state index contributed by atoms with van der Waals surface area (Å²) in [4.78, 5) is 44.6. The number of anilines is 3. The smallest absolute Gasteiger partial charge is 0.264 e. The molecule has 8 heteroatoms. The lowest BCUT2D eigenvalue weighted by atomic mass is 9.83. The Bertz CT molecular complexity index is 1570. The molecule has 43 heavy (non-hydrogen) atoms. The van der Waals surface area contributed by atoms with Crippen molar-refractivity contribution < 1.29 is 24.6 Å². The van der Waals surface area contributed by atoms with Crippen LogP contribution in [0.1, 0.15) is 49.3 Å². The fourth-order valence-electron chi connectivity index (χ4n) is 6.69. The van der Waals surface area contributed by atoms with Gasteiger partial charge in [-0.15, -0.1) is 0 Å². The van der Waals surface area contributed by atoms with Crippen molar-refractivity contribution in [3.05, 3.63) is 102 Å². The van der Waals surface area contributed by atoms with Crippen molar-refractivity contribution in [2.45, 2.75) is 57.2 Å². The van der Waals surface area contributed by atoms with Crippen molar-refractivity contribution in [2.24, 2.45) is 5.92 Å². The van der Waals surface area contributed by atoms with E-state index in [-0.39, 0.29) is 37.4 Å². The third-order valence-corrected chi connectivity index (χ3v) is 9.09. The summed E-state index contributed by atoms with van der Waals surface area (Å²) in [5.74, 6) is -1.01. The number of hydrogen-bond donors (Lipinski definition) is 2. The van der Waals surface area contributed by atoms with E-state index in [9.17, 15) is 24.6 Å². The van der Waals surface area contributed by atoms with Crippen LogP contribution in [0.25, 0.3) is 0 Å². The van der Waals surface area contributed by atoms with Gasteiger partial charge in [0.05, 0.1) is 30.6 Å². The molecule has 6 rings (SSSR count). The number of para-hydroxylation sites is 2. The average Bonchev–Trinajstić information content (AvgIpc) is 3.60. The Morgan fingerprint density at radius 1 is 1.00 bits per heavy atom. The summed E-state index contributed by atoms with van der Waals surface area (Å²) in [6.45, 7) is 2.64. The molecule has 0 unspecified atom stereocenters. The molecule has 8 nitrogen and oxygen atoms in total. The fourth-order valence-corrected chi connectivity index (χ4v) is 6.69. The molecule has 0 spiro atoms. The molecule has 0 aliphatic carbocycles. The Balaban J connectivity index is 1.19. The number of aryl methyl sites for hydroxylation is 1. The van der Waals surface area contributed by atoms with Gasteiger partial charge < -0.3 is 20.0 Å². The normalized spacial score (nSPS) is 22.3. The topological polar surface area (TPSA) is 101 Å². The van der Waals surface area contributed by atoms with Gasteiger partial charge in [0.25, 0.3) is 5.91 Å². The first-order valence-corrected chi connectivity index (χ1v) is 15.0. The van der Waals surface area contributed by atoms with Crippen LogP contribution in [0.15, 0.2) is 84.9 Å². The summed E-state index contributed by atoms with van der Waals surface area (Å²) in [5.41, 5.74) is 3.10. The molecule has 0 radical (unpaired) electrons. The van der Waals surface area contributed by atoms with Crippen molar-refractivity contribution in [1.82, 2.24) is 4.90 Å². The molecule has 0 bridgehead atoms. The average molecular weight is 580 g/mol. The molecule has 3 aromatic carbocycles. The molecule has 0 aromatic heterocycles. The van der Waals surface area contributed by atoms with Gasteiger partial charge in [-0.3, -0.25) is 19.3 Å². The van der Waals surface area contributed by atoms with Gasteiger partial charge in [0.15, 0.2) is 5.60 Å². The summed E-state index contributed by atoms with van der Waals surface area (Å²) >= 11 is 0. The van der Waals surface area contributed by atoms with E-state index >= 15 is 0 Å². The highest BCUT2D eigenvalue weighted by Gasteiger charge is 2.52. The second kappa shape index (κ2) is 11.8. The third-order valence-electron chi connectivity index (χ3n) is 9.09. The molecule has 1 saturated heterocycles. The van der Waals surface area contributed by atoms with Crippen LogP contribution < -0.4 is 9.80 Å². The second-order valence-corrected chi connectivity index (χ2v) is 11.7. The minimum Gasteiger partial charge on any atom is -0.394 e. The second-order valence-electron chi connectivity index (χ2n) is 11.7. The number of likely N-dealkylation sites (tertiary alicyclic amines) is 1. The van der Waals surface area contributed by atoms with Crippen molar-refractivity contribution in [3.63, 3.8) is 0 Å². The molecule has 0 saturated carbocycles. The number of fused-ring (bicyclic) bond motifs is 2. The van der Waals surface area contributed by atoms with Crippen LogP contribution >= 0.6 is 0 Å². The molecule has 3 aliphatic rings. The number of nitrogens with zero attached hydrogens (tertiary/aromatic N) is 3. The molecular formula is C35H37N3O5. The minimum atomic E-state index is -1.78. The molecule has 2 N–H and O–H groups in total. The van der Waals surface area contributed by atoms with Gasteiger partial charge in [-0.2, -0.15) is 0 Å². The van der Waals surface area contributed by atoms with Crippen molar-refractivity contribution in [2.75, 3.05) is 23.0 Å².